The second-order valence-electron chi connectivity index (χ2n) is 8.12. The van der Waals surface area contributed by atoms with Gasteiger partial charge in [-0.25, -0.2) is 14.1 Å². The predicted molar refractivity (Wildman–Crippen MR) is 126 cm³/mol. The van der Waals surface area contributed by atoms with Gasteiger partial charge in [-0.2, -0.15) is 0 Å². The number of benzene rings is 2. The highest BCUT2D eigenvalue weighted by Crippen LogP contribution is 2.34. The van der Waals surface area contributed by atoms with Crippen LogP contribution in [0.25, 0.3) is 16.5 Å². The second-order valence-corrected chi connectivity index (χ2v) is 8.52. The maximum Gasteiger partial charge on any atom is 0.262 e. The first-order valence-electron chi connectivity index (χ1n) is 10.8. The van der Waals surface area contributed by atoms with Crippen molar-refractivity contribution in [2.24, 2.45) is 0 Å². The first-order valence-corrected chi connectivity index (χ1v) is 11.2. The molecule has 2 aromatic heterocycles. The first-order chi connectivity index (χ1) is 16.0. The van der Waals surface area contributed by atoms with E-state index >= 15 is 4.39 Å². The van der Waals surface area contributed by atoms with Crippen LogP contribution in [-0.2, 0) is 0 Å². The van der Waals surface area contributed by atoms with Gasteiger partial charge in [-0.05, 0) is 56.0 Å². The van der Waals surface area contributed by atoms with Gasteiger partial charge < -0.3 is 5.32 Å². The Morgan fingerprint density at radius 2 is 2.15 bits per heavy atom. The fraction of sp³-hybridized carbons (Fsp3) is 0.250. The highest BCUT2D eigenvalue weighted by atomic mass is 35.5. The number of aryl methyl sites for hydroxylation is 1. The van der Waals surface area contributed by atoms with E-state index in [-0.39, 0.29) is 11.6 Å². The van der Waals surface area contributed by atoms with E-state index in [2.05, 4.69) is 20.6 Å². The zero-order valence-corrected chi connectivity index (χ0v) is 18.8. The van der Waals surface area contributed by atoms with Crippen LogP contribution in [0.2, 0.25) is 5.02 Å². The highest BCUT2D eigenvalue weighted by molar-refractivity contribution is 6.36. The van der Waals surface area contributed by atoms with Crippen LogP contribution in [-0.4, -0.2) is 45.0 Å². The molecule has 1 fully saturated rings. The molecule has 0 aliphatic carbocycles. The maximum absolute atomic E-state index is 15.3. The SMILES string of the molecule is Cc1cn(-c2ccc(C(=O)N(c3nccc4cccc(Cl)c34)C3CCCNC3)c(F)c2)nn1. The van der Waals surface area contributed by atoms with Gasteiger partial charge in [-0.3, -0.25) is 9.69 Å². The Kier molecular flexibility index (Phi) is 5.78. The number of aromatic nitrogens is 4. The molecule has 0 saturated carbocycles. The van der Waals surface area contributed by atoms with E-state index in [4.69, 9.17) is 11.6 Å². The minimum atomic E-state index is -0.634. The molecule has 1 aliphatic heterocycles. The molecule has 7 nitrogen and oxygen atoms in total. The fourth-order valence-electron chi connectivity index (χ4n) is 4.26. The zero-order valence-electron chi connectivity index (χ0n) is 18.0. The van der Waals surface area contributed by atoms with Crippen molar-refractivity contribution in [1.82, 2.24) is 25.3 Å². The van der Waals surface area contributed by atoms with Gasteiger partial charge in [-0.1, -0.05) is 28.9 Å². The quantitative estimate of drug-likeness (QED) is 0.487. The van der Waals surface area contributed by atoms with Gasteiger partial charge >= 0.3 is 0 Å². The Bertz CT molecular complexity index is 1330. The third-order valence-corrected chi connectivity index (χ3v) is 6.17. The molecule has 33 heavy (non-hydrogen) atoms. The Morgan fingerprint density at radius 1 is 1.27 bits per heavy atom. The summed E-state index contributed by atoms with van der Waals surface area (Å²) in [6.45, 7) is 3.27. The monoisotopic (exact) mass is 464 g/mol. The summed E-state index contributed by atoms with van der Waals surface area (Å²) in [4.78, 5) is 19.9. The number of fused-ring (bicyclic) bond motifs is 1. The topological polar surface area (TPSA) is 75.9 Å². The van der Waals surface area contributed by atoms with Crippen molar-refractivity contribution in [3.63, 3.8) is 0 Å². The van der Waals surface area contributed by atoms with Crippen LogP contribution in [0.3, 0.4) is 0 Å². The van der Waals surface area contributed by atoms with Crippen molar-refractivity contribution in [3.8, 4) is 5.69 Å². The van der Waals surface area contributed by atoms with E-state index in [1.807, 2.05) is 18.2 Å². The number of halogens is 2. The fourth-order valence-corrected chi connectivity index (χ4v) is 4.53. The second kappa shape index (κ2) is 8.88. The lowest BCUT2D eigenvalue weighted by molar-refractivity contribution is 0.0968. The third-order valence-electron chi connectivity index (χ3n) is 5.86. The van der Waals surface area contributed by atoms with Crippen LogP contribution in [0.4, 0.5) is 10.2 Å². The minimum Gasteiger partial charge on any atom is -0.315 e. The molecule has 1 amide bonds. The molecule has 3 heterocycles. The number of amides is 1. The van der Waals surface area contributed by atoms with Crippen LogP contribution in [0.5, 0.6) is 0 Å². The summed E-state index contributed by atoms with van der Waals surface area (Å²) in [6, 6.07) is 11.6. The molecule has 5 rings (SSSR count). The lowest BCUT2D eigenvalue weighted by atomic mass is 10.0. The molecular weight excluding hydrogens is 443 g/mol. The van der Waals surface area contributed by atoms with E-state index < -0.39 is 11.7 Å². The van der Waals surface area contributed by atoms with Crippen LogP contribution < -0.4 is 10.2 Å². The summed E-state index contributed by atoms with van der Waals surface area (Å²) in [6.07, 6.45) is 5.02. The molecule has 0 radical (unpaired) electrons. The van der Waals surface area contributed by atoms with Crippen LogP contribution >= 0.6 is 11.6 Å². The van der Waals surface area contributed by atoms with Gasteiger partial charge in [-0.15, -0.1) is 5.10 Å². The van der Waals surface area contributed by atoms with Crippen molar-refractivity contribution in [1.29, 1.82) is 0 Å². The zero-order chi connectivity index (χ0) is 22.9. The number of hydrogen-bond acceptors (Lipinski definition) is 5. The molecule has 168 valence electrons. The maximum atomic E-state index is 15.3. The molecule has 1 aliphatic rings. The van der Waals surface area contributed by atoms with Crippen molar-refractivity contribution < 1.29 is 9.18 Å². The number of pyridine rings is 1. The number of hydrogen-bond donors (Lipinski definition) is 1. The number of rotatable bonds is 4. The predicted octanol–water partition coefficient (Wildman–Crippen LogP) is 4.32. The van der Waals surface area contributed by atoms with Crippen molar-refractivity contribution in [2.75, 3.05) is 18.0 Å². The van der Waals surface area contributed by atoms with Gasteiger partial charge in [0.1, 0.15) is 11.6 Å². The van der Waals surface area contributed by atoms with E-state index in [0.717, 1.165) is 24.8 Å². The minimum absolute atomic E-state index is 0.0352. The van der Waals surface area contributed by atoms with Crippen molar-refractivity contribution in [2.45, 2.75) is 25.8 Å². The van der Waals surface area contributed by atoms with Gasteiger partial charge in [0.15, 0.2) is 0 Å². The van der Waals surface area contributed by atoms with E-state index in [0.29, 0.717) is 34.2 Å². The van der Waals surface area contributed by atoms with Crippen molar-refractivity contribution in [3.05, 3.63) is 77.0 Å². The normalized spacial score (nSPS) is 16.2. The van der Waals surface area contributed by atoms with E-state index in [1.165, 1.54) is 16.8 Å². The summed E-state index contributed by atoms with van der Waals surface area (Å²) >= 11 is 6.53. The van der Waals surface area contributed by atoms with Crippen LogP contribution in [0.1, 0.15) is 28.9 Å². The van der Waals surface area contributed by atoms with E-state index in [1.54, 1.807) is 36.4 Å². The summed E-state index contributed by atoms with van der Waals surface area (Å²) < 4.78 is 16.7. The van der Waals surface area contributed by atoms with Gasteiger partial charge in [0, 0.05) is 24.2 Å². The van der Waals surface area contributed by atoms with Gasteiger partial charge in [0.25, 0.3) is 5.91 Å². The third kappa shape index (κ3) is 4.07. The van der Waals surface area contributed by atoms with E-state index in [9.17, 15) is 4.79 Å². The molecule has 4 aromatic rings. The number of carbonyl (C=O) groups is 1. The van der Waals surface area contributed by atoms with Crippen LogP contribution in [0, 0.1) is 12.7 Å². The lowest BCUT2D eigenvalue weighted by Crippen LogP contribution is -2.49. The molecule has 1 unspecified atom stereocenters. The molecule has 0 spiro atoms. The Labute approximate surface area is 195 Å². The van der Waals surface area contributed by atoms with Crippen molar-refractivity contribution >= 4 is 34.1 Å². The summed E-state index contributed by atoms with van der Waals surface area (Å²) in [7, 11) is 0. The number of anilines is 1. The number of nitrogens with zero attached hydrogens (tertiary/aromatic N) is 5. The lowest BCUT2D eigenvalue weighted by Gasteiger charge is -2.34. The molecule has 1 saturated heterocycles. The molecule has 2 aromatic carbocycles. The summed E-state index contributed by atoms with van der Waals surface area (Å²) in [5.74, 6) is -0.652. The molecule has 1 atom stereocenters. The first kappa shape index (κ1) is 21.5. The number of carbonyl (C=O) groups excluding carboxylic acids is 1. The average molecular weight is 465 g/mol. The standard InChI is InChI=1S/C24H22ClFN6O/c1-15-14-31(30-29-15)17-7-8-19(21(26)12-17)24(33)32(18-5-3-10-27-13-18)23-22-16(9-11-28-23)4-2-6-20(22)25/h2,4,6-9,11-12,14,18,27H,3,5,10,13H2,1H3. The Morgan fingerprint density at radius 3 is 2.88 bits per heavy atom. The van der Waals surface area contributed by atoms with Gasteiger partial charge in [0.05, 0.1) is 34.2 Å². The Balaban J connectivity index is 1.60. The molecule has 1 N–H and O–H groups in total. The molecule has 9 heteroatoms. The summed E-state index contributed by atoms with van der Waals surface area (Å²) in [5.41, 5.74) is 1.17. The Hall–Kier alpha value is -3.36. The molecular formula is C24H22ClFN6O. The average Bonchev–Trinajstić information content (AvgIpc) is 3.26. The summed E-state index contributed by atoms with van der Waals surface area (Å²) in [5, 5.41) is 13.3. The molecule has 0 bridgehead atoms. The highest BCUT2D eigenvalue weighted by Gasteiger charge is 2.32. The largest absolute Gasteiger partial charge is 0.315 e. The smallest absolute Gasteiger partial charge is 0.262 e. The number of nitrogens with one attached hydrogen (secondary N) is 1. The van der Waals surface area contributed by atoms with Gasteiger partial charge in [0.2, 0.25) is 0 Å². The van der Waals surface area contributed by atoms with Crippen LogP contribution in [0.15, 0.2) is 54.9 Å². The number of piperidine rings is 1.